The summed E-state index contributed by atoms with van der Waals surface area (Å²) in [4.78, 5) is 22.0. The summed E-state index contributed by atoms with van der Waals surface area (Å²) < 4.78 is 0. The fourth-order valence-corrected chi connectivity index (χ4v) is 3.94. The van der Waals surface area contributed by atoms with Gasteiger partial charge in [0, 0.05) is 44.0 Å². The van der Waals surface area contributed by atoms with Crippen molar-refractivity contribution in [2.24, 2.45) is 0 Å². The number of β-amino-alcohol motifs (C(OH)–C–C–N with tert-alkyl or cyclic N) is 1. The molecule has 1 atom stereocenters. The van der Waals surface area contributed by atoms with Crippen LogP contribution < -0.4 is 5.32 Å². The van der Waals surface area contributed by atoms with Gasteiger partial charge in [0.2, 0.25) is 5.91 Å². The molecule has 0 saturated heterocycles. The number of amides is 1. The van der Waals surface area contributed by atoms with Gasteiger partial charge in [0.1, 0.15) is 5.82 Å². The van der Waals surface area contributed by atoms with Gasteiger partial charge < -0.3 is 15.4 Å². The number of hydrogen-bond acceptors (Lipinski definition) is 4. The molecule has 1 aliphatic rings. The Bertz CT molecular complexity index is 1000. The number of H-pyrrole nitrogens is 1. The zero-order valence-corrected chi connectivity index (χ0v) is 17.0. The maximum atomic E-state index is 12.1. The highest BCUT2D eigenvalue weighted by atomic mass is 35.5. The van der Waals surface area contributed by atoms with Crippen molar-refractivity contribution in [3.05, 3.63) is 64.4 Å². The van der Waals surface area contributed by atoms with E-state index in [0.29, 0.717) is 24.4 Å². The molecule has 0 bridgehead atoms. The van der Waals surface area contributed by atoms with Crippen LogP contribution in [-0.2, 0) is 24.2 Å². The lowest BCUT2D eigenvalue weighted by Gasteiger charge is -2.30. The van der Waals surface area contributed by atoms with Crippen LogP contribution in [0.2, 0.25) is 5.02 Å². The molecule has 1 aliphatic heterocycles. The highest BCUT2D eigenvalue weighted by molar-refractivity contribution is 6.31. The van der Waals surface area contributed by atoms with Crippen LogP contribution in [0.3, 0.4) is 0 Å². The Hall–Kier alpha value is -2.41. The molecule has 2 aromatic carbocycles. The summed E-state index contributed by atoms with van der Waals surface area (Å²) in [7, 11) is 0. The molecule has 29 heavy (non-hydrogen) atoms. The smallest absolute Gasteiger partial charge is 0.220 e. The zero-order valence-electron chi connectivity index (χ0n) is 16.2. The molecule has 1 amide bonds. The fraction of sp³-hybridized carbons (Fsp3) is 0.364. The third kappa shape index (κ3) is 5.15. The number of aromatic nitrogens is 2. The van der Waals surface area contributed by atoms with E-state index in [4.69, 9.17) is 11.6 Å². The van der Waals surface area contributed by atoms with Gasteiger partial charge in [-0.25, -0.2) is 4.98 Å². The number of carbonyl (C=O) groups is 1. The summed E-state index contributed by atoms with van der Waals surface area (Å²) >= 11 is 5.98. The lowest BCUT2D eigenvalue weighted by molar-refractivity contribution is -0.121. The maximum absolute atomic E-state index is 12.1. The number of aryl methyl sites for hydroxylation is 1. The van der Waals surface area contributed by atoms with E-state index >= 15 is 0 Å². The van der Waals surface area contributed by atoms with Crippen LogP contribution in [-0.4, -0.2) is 51.6 Å². The van der Waals surface area contributed by atoms with Crippen molar-refractivity contribution in [3.63, 3.8) is 0 Å². The van der Waals surface area contributed by atoms with E-state index in [1.165, 1.54) is 11.1 Å². The quantitative estimate of drug-likeness (QED) is 0.557. The number of nitrogens with one attached hydrogen (secondary N) is 2. The summed E-state index contributed by atoms with van der Waals surface area (Å²) in [6.07, 6.45) is 1.24. The molecule has 7 heteroatoms. The summed E-state index contributed by atoms with van der Waals surface area (Å²) in [5, 5.41) is 13.8. The first-order valence-corrected chi connectivity index (χ1v) is 10.3. The molecule has 3 N–H and O–H groups in total. The minimum Gasteiger partial charge on any atom is -0.390 e. The van der Waals surface area contributed by atoms with Crippen LogP contribution in [0, 0.1) is 0 Å². The minimum atomic E-state index is -0.586. The van der Waals surface area contributed by atoms with Crippen LogP contribution in [0.5, 0.6) is 0 Å². The number of benzene rings is 2. The third-order valence-electron chi connectivity index (χ3n) is 5.30. The Morgan fingerprint density at radius 1 is 1.28 bits per heavy atom. The molecule has 0 saturated carbocycles. The molecule has 6 nitrogen and oxygen atoms in total. The number of aliphatic hydroxyl groups is 1. The molecular weight excluding hydrogens is 388 g/mol. The van der Waals surface area contributed by atoms with Crippen LogP contribution in [0.15, 0.2) is 42.5 Å². The fourth-order valence-electron chi connectivity index (χ4n) is 3.77. The van der Waals surface area contributed by atoms with Gasteiger partial charge in [-0.1, -0.05) is 35.9 Å². The van der Waals surface area contributed by atoms with E-state index in [2.05, 4.69) is 44.5 Å². The number of imidazole rings is 1. The molecule has 4 rings (SSSR count). The molecule has 0 fully saturated rings. The van der Waals surface area contributed by atoms with Gasteiger partial charge in [0.15, 0.2) is 0 Å². The van der Waals surface area contributed by atoms with Crippen molar-refractivity contribution < 1.29 is 9.90 Å². The summed E-state index contributed by atoms with van der Waals surface area (Å²) in [6, 6.07) is 13.9. The molecule has 152 valence electrons. The second kappa shape index (κ2) is 8.95. The van der Waals surface area contributed by atoms with Gasteiger partial charge >= 0.3 is 0 Å². The average Bonchev–Trinajstić information content (AvgIpc) is 3.12. The van der Waals surface area contributed by atoms with E-state index in [0.717, 1.165) is 36.4 Å². The molecule has 2 heterocycles. The second-order valence-electron chi connectivity index (χ2n) is 7.56. The van der Waals surface area contributed by atoms with E-state index in [9.17, 15) is 9.90 Å². The topological polar surface area (TPSA) is 81.2 Å². The third-order valence-corrected chi connectivity index (χ3v) is 5.53. The monoisotopic (exact) mass is 412 g/mol. The summed E-state index contributed by atoms with van der Waals surface area (Å²) in [5.41, 5.74) is 4.41. The Morgan fingerprint density at radius 2 is 2.10 bits per heavy atom. The van der Waals surface area contributed by atoms with Gasteiger partial charge in [0.25, 0.3) is 0 Å². The van der Waals surface area contributed by atoms with Crippen LogP contribution in [0.1, 0.15) is 23.4 Å². The van der Waals surface area contributed by atoms with E-state index in [1.54, 1.807) is 12.1 Å². The highest BCUT2D eigenvalue weighted by Crippen LogP contribution is 2.19. The first kappa shape index (κ1) is 19.9. The van der Waals surface area contributed by atoms with Crippen molar-refractivity contribution in [2.45, 2.75) is 31.9 Å². The number of rotatable bonds is 7. The highest BCUT2D eigenvalue weighted by Gasteiger charge is 2.18. The van der Waals surface area contributed by atoms with Gasteiger partial charge in [-0.2, -0.15) is 0 Å². The molecule has 0 spiro atoms. The predicted octanol–water partition coefficient (Wildman–Crippen LogP) is 2.68. The summed E-state index contributed by atoms with van der Waals surface area (Å²) in [5.74, 6) is 0.663. The number of halogens is 1. The van der Waals surface area contributed by atoms with Gasteiger partial charge in [0.05, 0.1) is 17.1 Å². The maximum Gasteiger partial charge on any atom is 0.220 e. The zero-order chi connectivity index (χ0) is 20.2. The molecule has 0 radical (unpaired) electrons. The first-order chi connectivity index (χ1) is 14.1. The molecule has 3 aromatic rings. The van der Waals surface area contributed by atoms with Crippen molar-refractivity contribution in [1.82, 2.24) is 20.2 Å². The van der Waals surface area contributed by atoms with Crippen molar-refractivity contribution >= 4 is 28.5 Å². The number of aliphatic hydroxyl groups excluding tert-OH is 1. The Morgan fingerprint density at radius 3 is 2.97 bits per heavy atom. The standard InChI is InChI=1S/C22H25ClN4O2/c23-17-5-6-19-20(11-17)26-21(25-19)7-8-22(29)24-12-18(28)14-27-10-9-15-3-1-2-4-16(15)13-27/h1-6,11,18,28H,7-10,12-14H2,(H,24,29)(H,25,26). The number of aromatic amines is 1. The van der Waals surface area contributed by atoms with Crippen molar-refractivity contribution in [2.75, 3.05) is 19.6 Å². The summed E-state index contributed by atoms with van der Waals surface area (Å²) in [6.45, 7) is 2.58. The molecular formula is C22H25ClN4O2. The molecule has 0 aliphatic carbocycles. The van der Waals surface area contributed by atoms with Gasteiger partial charge in [-0.05, 0) is 35.7 Å². The SMILES string of the molecule is O=C(CCc1nc2cc(Cl)ccc2[nH]1)NCC(O)CN1CCc2ccccc2C1. The Balaban J connectivity index is 1.20. The number of nitrogens with zero attached hydrogens (tertiary/aromatic N) is 2. The van der Waals surface area contributed by atoms with E-state index in [-0.39, 0.29) is 12.5 Å². The Kier molecular flexibility index (Phi) is 6.13. The number of hydrogen-bond donors (Lipinski definition) is 3. The lowest BCUT2D eigenvalue weighted by atomic mass is 10.00. The second-order valence-corrected chi connectivity index (χ2v) is 7.99. The number of fused-ring (bicyclic) bond motifs is 2. The largest absolute Gasteiger partial charge is 0.390 e. The van der Waals surface area contributed by atoms with E-state index in [1.807, 2.05) is 6.07 Å². The van der Waals surface area contributed by atoms with Crippen molar-refractivity contribution in [3.8, 4) is 0 Å². The van der Waals surface area contributed by atoms with E-state index < -0.39 is 6.10 Å². The molecule has 1 unspecified atom stereocenters. The first-order valence-electron chi connectivity index (χ1n) is 9.95. The normalized spacial score (nSPS) is 15.2. The molecule has 1 aromatic heterocycles. The predicted molar refractivity (Wildman–Crippen MR) is 114 cm³/mol. The van der Waals surface area contributed by atoms with Crippen molar-refractivity contribution in [1.29, 1.82) is 0 Å². The average molecular weight is 413 g/mol. The minimum absolute atomic E-state index is 0.0912. The number of carbonyl (C=O) groups excluding carboxylic acids is 1. The van der Waals surface area contributed by atoms with Crippen LogP contribution in [0.25, 0.3) is 11.0 Å². The lowest BCUT2D eigenvalue weighted by Crippen LogP contribution is -2.42. The van der Waals surface area contributed by atoms with Crippen LogP contribution >= 0.6 is 11.6 Å². The van der Waals surface area contributed by atoms with Gasteiger partial charge in [-0.15, -0.1) is 0 Å². The Labute approximate surface area is 174 Å². The van der Waals surface area contributed by atoms with Gasteiger partial charge in [-0.3, -0.25) is 9.69 Å². The van der Waals surface area contributed by atoms with Crippen LogP contribution in [0.4, 0.5) is 0 Å².